The van der Waals surface area contributed by atoms with Gasteiger partial charge in [-0.15, -0.1) is 6.58 Å². The predicted molar refractivity (Wildman–Crippen MR) is 31.4 cm³/mol. The lowest BCUT2D eigenvalue weighted by atomic mass is 10.4. The highest BCUT2D eigenvalue weighted by atomic mass is 19.1. The van der Waals surface area contributed by atoms with Crippen molar-refractivity contribution < 1.29 is 19.4 Å². The molecule has 0 amide bonds. The summed E-state index contributed by atoms with van der Waals surface area (Å²) in [6, 6.07) is 0. The zero-order chi connectivity index (χ0) is 7.86. The van der Waals surface area contributed by atoms with E-state index in [1.165, 1.54) is 13.0 Å². The molecule has 0 rings (SSSR count). The maximum atomic E-state index is 11.3. The summed E-state index contributed by atoms with van der Waals surface area (Å²) in [5.41, 5.74) is 0. The first-order valence-electron chi connectivity index (χ1n) is 2.19. The Kier molecular flexibility index (Phi) is 8.36. The zero-order valence-electron chi connectivity index (χ0n) is 5.04. The second-order valence-corrected chi connectivity index (χ2v) is 1.20. The fourth-order valence-electron chi connectivity index (χ4n) is 0. The molecule has 0 aliphatic heterocycles. The van der Waals surface area contributed by atoms with Crippen LogP contribution in [0.15, 0.2) is 12.7 Å². The molecule has 0 fully saturated rings. The van der Waals surface area contributed by atoms with Gasteiger partial charge >= 0.3 is 6.16 Å². The van der Waals surface area contributed by atoms with Gasteiger partial charge in [0.1, 0.15) is 6.17 Å². The van der Waals surface area contributed by atoms with E-state index in [0.717, 1.165) is 0 Å². The van der Waals surface area contributed by atoms with Crippen LogP contribution in [0, 0.1) is 0 Å². The molecule has 9 heavy (non-hydrogen) atoms. The van der Waals surface area contributed by atoms with E-state index < -0.39 is 12.3 Å². The van der Waals surface area contributed by atoms with Crippen molar-refractivity contribution >= 4 is 6.16 Å². The normalized spacial score (nSPS) is 10.4. The SMILES string of the molecule is C=CC(C)F.O=C(O)O. The van der Waals surface area contributed by atoms with Crippen LogP contribution in [0.1, 0.15) is 6.92 Å². The van der Waals surface area contributed by atoms with E-state index in [4.69, 9.17) is 15.0 Å². The molecule has 1 atom stereocenters. The van der Waals surface area contributed by atoms with Crippen molar-refractivity contribution in [1.29, 1.82) is 0 Å². The second-order valence-electron chi connectivity index (χ2n) is 1.20. The molecule has 2 N–H and O–H groups in total. The molecular formula is C5H9FO3. The molecule has 0 aromatic carbocycles. The number of rotatable bonds is 1. The lowest BCUT2D eigenvalue weighted by Crippen LogP contribution is -1.81. The molecule has 0 saturated carbocycles. The van der Waals surface area contributed by atoms with Crippen molar-refractivity contribution in [1.82, 2.24) is 0 Å². The smallest absolute Gasteiger partial charge is 0.450 e. The van der Waals surface area contributed by atoms with Crippen molar-refractivity contribution in [3.05, 3.63) is 12.7 Å². The van der Waals surface area contributed by atoms with Gasteiger partial charge in [0, 0.05) is 0 Å². The number of carboxylic acid groups (broad SMARTS) is 2. The Labute approximate surface area is 52.4 Å². The second kappa shape index (κ2) is 6.94. The number of hydrogen-bond donors (Lipinski definition) is 2. The third kappa shape index (κ3) is 192. The maximum absolute atomic E-state index is 11.3. The molecule has 0 aromatic rings. The largest absolute Gasteiger partial charge is 0.503 e. The van der Waals surface area contributed by atoms with E-state index in [2.05, 4.69) is 6.58 Å². The Morgan fingerprint density at radius 2 is 1.89 bits per heavy atom. The van der Waals surface area contributed by atoms with E-state index in [1.54, 1.807) is 0 Å². The Morgan fingerprint density at radius 3 is 1.89 bits per heavy atom. The van der Waals surface area contributed by atoms with E-state index in [0.29, 0.717) is 0 Å². The van der Waals surface area contributed by atoms with E-state index in [1.807, 2.05) is 0 Å². The van der Waals surface area contributed by atoms with E-state index in [9.17, 15) is 4.39 Å². The number of alkyl halides is 1. The van der Waals surface area contributed by atoms with Crippen LogP contribution in [0.5, 0.6) is 0 Å². The summed E-state index contributed by atoms with van der Waals surface area (Å²) in [7, 11) is 0. The number of hydrogen-bond acceptors (Lipinski definition) is 1. The van der Waals surface area contributed by atoms with Crippen molar-refractivity contribution in [3.8, 4) is 0 Å². The van der Waals surface area contributed by atoms with Gasteiger partial charge in [0.25, 0.3) is 0 Å². The Morgan fingerprint density at radius 1 is 1.78 bits per heavy atom. The molecule has 54 valence electrons. The van der Waals surface area contributed by atoms with Gasteiger partial charge in [-0.3, -0.25) is 0 Å². The summed E-state index contributed by atoms with van der Waals surface area (Å²) in [5, 5.41) is 13.9. The molecule has 0 saturated heterocycles. The minimum Gasteiger partial charge on any atom is -0.450 e. The average Bonchev–Trinajstić information content (AvgIpc) is 1.65. The van der Waals surface area contributed by atoms with Crippen LogP contribution < -0.4 is 0 Å². The molecule has 4 heteroatoms. The highest BCUT2D eigenvalue weighted by molar-refractivity contribution is 5.53. The molecule has 0 aliphatic rings. The maximum Gasteiger partial charge on any atom is 0.503 e. The summed E-state index contributed by atoms with van der Waals surface area (Å²) in [4.78, 5) is 8.56. The van der Waals surface area contributed by atoms with Crippen LogP contribution in [-0.4, -0.2) is 22.5 Å². The third-order valence-corrected chi connectivity index (χ3v) is 0.325. The van der Waals surface area contributed by atoms with Gasteiger partial charge in [-0.25, -0.2) is 9.18 Å². The third-order valence-electron chi connectivity index (χ3n) is 0.325. The van der Waals surface area contributed by atoms with Crippen molar-refractivity contribution in [3.63, 3.8) is 0 Å². The molecule has 3 nitrogen and oxygen atoms in total. The fourth-order valence-corrected chi connectivity index (χ4v) is 0. The van der Waals surface area contributed by atoms with E-state index >= 15 is 0 Å². The Hall–Kier alpha value is -1.06. The molecule has 0 aromatic heterocycles. The number of allylic oxidation sites excluding steroid dienone is 1. The fraction of sp³-hybridized carbons (Fsp3) is 0.400. The molecule has 1 unspecified atom stereocenters. The highest BCUT2D eigenvalue weighted by Gasteiger charge is 1.79. The highest BCUT2D eigenvalue weighted by Crippen LogP contribution is 1.83. The van der Waals surface area contributed by atoms with Crippen LogP contribution in [-0.2, 0) is 0 Å². The standard InChI is InChI=1S/C4H7F.CH2O3/c1-3-4(2)5;2-1(3)4/h3-4H,1H2,2H3;(H2,2,3,4). The Bertz CT molecular complexity index is 86.2. The first-order chi connectivity index (χ1) is 4.00. The minimum atomic E-state index is -1.83. The van der Waals surface area contributed by atoms with Gasteiger partial charge in [0.05, 0.1) is 0 Å². The molecule has 0 spiro atoms. The van der Waals surface area contributed by atoms with Gasteiger partial charge < -0.3 is 10.2 Å². The predicted octanol–water partition coefficient (Wildman–Crippen LogP) is 1.75. The topological polar surface area (TPSA) is 57.5 Å². The van der Waals surface area contributed by atoms with Crippen LogP contribution >= 0.6 is 0 Å². The first kappa shape index (κ1) is 10.8. The zero-order valence-corrected chi connectivity index (χ0v) is 5.04. The van der Waals surface area contributed by atoms with Gasteiger partial charge in [-0.1, -0.05) is 6.08 Å². The average molecular weight is 136 g/mol. The van der Waals surface area contributed by atoms with Crippen LogP contribution in [0.3, 0.4) is 0 Å². The minimum absolute atomic E-state index is 0.852. The summed E-state index contributed by atoms with van der Waals surface area (Å²) < 4.78 is 11.3. The monoisotopic (exact) mass is 136 g/mol. The number of halogens is 1. The van der Waals surface area contributed by atoms with Crippen molar-refractivity contribution in [2.75, 3.05) is 0 Å². The molecule has 0 radical (unpaired) electrons. The van der Waals surface area contributed by atoms with Gasteiger partial charge in [-0.05, 0) is 6.92 Å². The summed E-state index contributed by atoms with van der Waals surface area (Å²) in [6.07, 6.45) is -1.44. The molecule has 0 aliphatic carbocycles. The molecule has 0 bridgehead atoms. The molecular weight excluding hydrogens is 127 g/mol. The summed E-state index contributed by atoms with van der Waals surface area (Å²) in [6.45, 7) is 4.62. The Balaban J connectivity index is 0. The quantitative estimate of drug-likeness (QED) is 0.540. The lowest BCUT2D eigenvalue weighted by molar-refractivity contribution is 0.137. The van der Waals surface area contributed by atoms with Crippen LogP contribution in [0.25, 0.3) is 0 Å². The molecule has 0 heterocycles. The van der Waals surface area contributed by atoms with E-state index in [-0.39, 0.29) is 0 Å². The summed E-state index contributed by atoms with van der Waals surface area (Å²) >= 11 is 0. The van der Waals surface area contributed by atoms with Gasteiger partial charge in [0.2, 0.25) is 0 Å². The number of carbonyl (C=O) groups is 1. The van der Waals surface area contributed by atoms with Crippen LogP contribution in [0.2, 0.25) is 0 Å². The van der Waals surface area contributed by atoms with Crippen molar-refractivity contribution in [2.45, 2.75) is 13.1 Å². The lowest BCUT2D eigenvalue weighted by Gasteiger charge is -1.79. The van der Waals surface area contributed by atoms with Gasteiger partial charge in [0.15, 0.2) is 0 Å². The van der Waals surface area contributed by atoms with Gasteiger partial charge in [-0.2, -0.15) is 0 Å². The first-order valence-corrected chi connectivity index (χ1v) is 2.19. The summed E-state index contributed by atoms with van der Waals surface area (Å²) in [5.74, 6) is 0. The van der Waals surface area contributed by atoms with Crippen LogP contribution in [0.4, 0.5) is 9.18 Å². The van der Waals surface area contributed by atoms with Crippen molar-refractivity contribution in [2.24, 2.45) is 0 Å².